The van der Waals surface area contributed by atoms with E-state index in [1.807, 2.05) is 29.2 Å². The van der Waals surface area contributed by atoms with E-state index in [1.165, 1.54) is 0 Å². The average molecular weight is 248 g/mol. The van der Waals surface area contributed by atoms with Crippen molar-refractivity contribution >= 4 is 11.7 Å². The molecule has 0 radical (unpaired) electrons. The maximum Gasteiger partial charge on any atom is 0.321 e. The fourth-order valence-electron chi connectivity index (χ4n) is 2.19. The van der Waals surface area contributed by atoms with Gasteiger partial charge in [-0.05, 0) is 24.8 Å². The van der Waals surface area contributed by atoms with Crippen LogP contribution in [-0.4, -0.2) is 29.1 Å². The highest BCUT2D eigenvalue weighted by Gasteiger charge is 2.20. The number of anilines is 1. The molecule has 4 heteroatoms. The zero-order valence-electron chi connectivity index (χ0n) is 10.7. The Labute approximate surface area is 108 Å². The van der Waals surface area contributed by atoms with E-state index in [0.717, 1.165) is 31.5 Å². The van der Waals surface area contributed by atoms with Crippen molar-refractivity contribution in [2.45, 2.75) is 26.4 Å². The van der Waals surface area contributed by atoms with Crippen LogP contribution in [0.25, 0.3) is 0 Å². The summed E-state index contributed by atoms with van der Waals surface area (Å²) in [5, 5.41) is 12.1. The monoisotopic (exact) mass is 248 g/mol. The quantitative estimate of drug-likeness (QED) is 0.844. The van der Waals surface area contributed by atoms with Crippen LogP contribution in [-0.2, 0) is 6.61 Å². The number of piperidine rings is 1. The van der Waals surface area contributed by atoms with Gasteiger partial charge in [0.2, 0.25) is 0 Å². The molecule has 1 heterocycles. The first kappa shape index (κ1) is 12.9. The number of amides is 2. The second-order valence-corrected chi connectivity index (χ2v) is 4.91. The molecule has 1 aliphatic heterocycles. The number of benzene rings is 1. The van der Waals surface area contributed by atoms with Crippen LogP contribution in [0.15, 0.2) is 24.3 Å². The lowest BCUT2D eigenvalue weighted by Gasteiger charge is -2.30. The molecule has 2 rings (SSSR count). The van der Waals surface area contributed by atoms with E-state index in [4.69, 9.17) is 0 Å². The van der Waals surface area contributed by atoms with Crippen LogP contribution >= 0.6 is 0 Å². The summed E-state index contributed by atoms with van der Waals surface area (Å²) >= 11 is 0. The lowest BCUT2D eigenvalue weighted by atomic mass is 10.00. The van der Waals surface area contributed by atoms with Crippen LogP contribution in [0.3, 0.4) is 0 Å². The van der Waals surface area contributed by atoms with Crippen molar-refractivity contribution in [3.05, 3.63) is 29.8 Å². The number of nitrogens with one attached hydrogen (secondary N) is 1. The Morgan fingerprint density at radius 3 is 2.72 bits per heavy atom. The first-order valence-corrected chi connectivity index (χ1v) is 6.45. The summed E-state index contributed by atoms with van der Waals surface area (Å²) < 4.78 is 0. The Hall–Kier alpha value is -1.55. The van der Waals surface area contributed by atoms with Gasteiger partial charge in [0.15, 0.2) is 0 Å². The van der Waals surface area contributed by atoms with Gasteiger partial charge >= 0.3 is 6.03 Å². The number of hydrogen-bond donors (Lipinski definition) is 2. The molecule has 0 spiro atoms. The van der Waals surface area contributed by atoms with Crippen molar-refractivity contribution in [2.24, 2.45) is 5.92 Å². The maximum absolute atomic E-state index is 12.1. The minimum absolute atomic E-state index is 0.0620. The number of likely N-dealkylation sites (tertiary alicyclic amines) is 1. The first-order chi connectivity index (χ1) is 8.70. The number of urea groups is 1. The van der Waals surface area contributed by atoms with Gasteiger partial charge in [-0.2, -0.15) is 0 Å². The molecule has 0 atom stereocenters. The largest absolute Gasteiger partial charge is 0.392 e. The molecule has 0 unspecified atom stereocenters. The molecule has 1 saturated heterocycles. The summed E-state index contributed by atoms with van der Waals surface area (Å²) in [4.78, 5) is 13.9. The highest BCUT2D eigenvalue weighted by molar-refractivity contribution is 5.90. The Bertz CT molecular complexity index is 412. The Kier molecular flexibility index (Phi) is 4.20. The molecule has 18 heavy (non-hydrogen) atoms. The van der Waals surface area contributed by atoms with E-state index < -0.39 is 0 Å². The van der Waals surface area contributed by atoms with Crippen molar-refractivity contribution in [1.29, 1.82) is 0 Å². The van der Waals surface area contributed by atoms with Gasteiger partial charge in [-0.25, -0.2) is 4.79 Å². The predicted molar refractivity (Wildman–Crippen MR) is 71.4 cm³/mol. The molecule has 1 aromatic carbocycles. The van der Waals surface area contributed by atoms with Crippen molar-refractivity contribution in [3.63, 3.8) is 0 Å². The molecular formula is C14H20N2O2. The van der Waals surface area contributed by atoms with E-state index in [1.54, 1.807) is 0 Å². The molecule has 0 aromatic heterocycles. The summed E-state index contributed by atoms with van der Waals surface area (Å²) in [6.45, 7) is 3.78. The third kappa shape index (κ3) is 3.01. The number of para-hydroxylation sites is 1. The van der Waals surface area contributed by atoms with Crippen molar-refractivity contribution < 1.29 is 9.90 Å². The van der Waals surface area contributed by atoms with Gasteiger partial charge in [0.25, 0.3) is 0 Å². The molecule has 2 amide bonds. The van der Waals surface area contributed by atoms with Gasteiger partial charge in [0.05, 0.1) is 6.61 Å². The number of hydrogen-bond acceptors (Lipinski definition) is 2. The second-order valence-electron chi connectivity index (χ2n) is 4.91. The lowest BCUT2D eigenvalue weighted by molar-refractivity contribution is 0.186. The molecule has 0 bridgehead atoms. The third-order valence-electron chi connectivity index (χ3n) is 3.50. The molecule has 1 fully saturated rings. The lowest BCUT2D eigenvalue weighted by Crippen LogP contribution is -2.40. The number of aliphatic hydroxyl groups excluding tert-OH is 1. The minimum Gasteiger partial charge on any atom is -0.392 e. The Balaban J connectivity index is 1.98. The molecule has 98 valence electrons. The zero-order valence-corrected chi connectivity index (χ0v) is 10.7. The summed E-state index contributed by atoms with van der Waals surface area (Å²) in [5.74, 6) is 0.707. The smallest absolute Gasteiger partial charge is 0.321 e. The number of rotatable bonds is 2. The zero-order chi connectivity index (χ0) is 13.0. The van der Waals surface area contributed by atoms with Gasteiger partial charge in [0, 0.05) is 24.3 Å². The van der Waals surface area contributed by atoms with E-state index in [9.17, 15) is 9.90 Å². The van der Waals surface area contributed by atoms with Crippen molar-refractivity contribution in [1.82, 2.24) is 4.90 Å². The Morgan fingerprint density at radius 1 is 1.39 bits per heavy atom. The van der Waals surface area contributed by atoms with Crippen LogP contribution in [0.5, 0.6) is 0 Å². The maximum atomic E-state index is 12.1. The van der Waals surface area contributed by atoms with Crippen LogP contribution in [0.1, 0.15) is 25.3 Å². The average Bonchev–Trinajstić information content (AvgIpc) is 2.40. The van der Waals surface area contributed by atoms with Crippen molar-refractivity contribution in [2.75, 3.05) is 18.4 Å². The van der Waals surface area contributed by atoms with Crippen molar-refractivity contribution in [3.8, 4) is 0 Å². The number of aliphatic hydroxyl groups is 1. The molecule has 2 N–H and O–H groups in total. The van der Waals surface area contributed by atoms with Gasteiger partial charge in [0.1, 0.15) is 0 Å². The second kappa shape index (κ2) is 5.87. The summed E-state index contributed by atoms with van der Waals surface area (Å²) in [6, 6.07) is 7.27. The van der Waals surface area contributed by atoms with Gasteiger partial charge in [-0.1, -0.05) is 25.1 Å². The number of nitrogens with zero attached hydrogens (tertiary/aromatic N) is 1. The standard InChI is InChI=1S/C14H20N2O2/c1-11-6-8-16(9-7-11)14(18)15-13-5-3-2-4-12(13)10-17/h2-5,11,17H,6-10H2,1H3,(H,15,18). The first-order valence-electron chi connectivity index (χ1n) is 6.45. The molecule has 0 saturated carbocycles. The summed E-state index contributed by atoms with van der Waals surface area (Å²) in [6.07, 6.45) is 2.13. The number of carbonyl (C=O) groups excluding carboxylic acids is 1. The number of carbonyl (C=O) groups is 1. The third-order valence-corrected chi connectivity index (χ3v) is 3.50. The fourth-order valence-corrected chi connectivity index (χ4v) is 2.19. The summed E-state index contributed by atoms with van der Waals surface area (Å²) in [7, 11) is 0. The van der Waals surface area contributed by atoms with Gasteiger partial charge < -0.3 is 15.3 Å². The predicted octanol–water partition coefficient (Wildman–Crippen LogP) is 2.44. The van der Waals surface area contributed by atoms with Crippen LogP contribution in [0, 0.1) is 5.92 Å². The summed E-state index contributed by atoms with van der Waals surface area (Å²) in [5.41, 5.74) is 1.44. The van der Waals surface area contributed by atoms with Crippen LogP contribution < -0.4 is 5.32 Å². The molecule has 1 aliphatic rings. The van der Waals surface area contributed by atoms with E-state index in [2.05, 4.69) is 12.2 Å². The molecule has 4 nitrogen and oxygen atoms in total. The molecular weight excluding hydrogens is 228 g/mol. The van der Waals surface area contributed by atoms with E-state index in [-0.39, 0.29) is 12.6 Å². The van der Waals surface area contributed by atoms with E-state index in [0.29, 0.717) is 11.6 Å². The minimum atomic E-state index is -0.0669. The Morgan fingerprint density at radius 2 is 2.06 bits per heavy atom. The SMILES string of the molecule is CC1CCN(C(=O)Nc2ccccc2CO)CC1. The highest BCUT2D eigenvalue weighted by atomic mass is 16.3. The van der Waals surface area contributed by atoms with Gasteiger partial charge in [-0.15, -0.1) is 0 Å². The molecule has 1 aromatic rings. The fraction of sp³-hybridized carbons (Fsp3) is 0.500. The van der Waals surface area contributed by atoms with Gasteiger partial charge in [-0.3, -0.25) is 0 Å². The topological polar surface area (TPSA) is 52.6 Å². The highest BCUT2D eigenvalue weighted by Crippen LogP contribution is 2.19. The van der Waals surface area contributed by atoms with E-state index >= 15 is 0 Å². The normalized spacial score (nSPS) is 16.7. The van der Waals surface area contributed by atoms with Crippen LogP contribution in [0.4, 0.5) is 10.5 Å². The molecule has 0 aliphatic carbocycles. The van der Waals surface area contributed by atoms with Crippen LogP contribution in [0.2, 0.25) is 0 Å².